The molecule has 2 aliphatic heterocycles. The van der Waals surface area contributed by atoms with Crippen LogP contribution in [-0.2, 0) is 9.59 Å². The summed E-state index contributed by atoms with van der Waals surface area (Å²) >= 11 is 0. The minimum absolute atomic E-state index is 0.0114. The van der Waals surface area contributed by atoms with Gasteiger partial charge in [0, 0.05) is 13.1 Å². The molecule has 4 amide bonds. The number of carbonyl (C=O) groups excluding carboxylic acids is 3. The lowest BCUT2D eigenvalue weighted by Gasteiger charge is -2.38. The largest absolute Gasteiger partial charge is 0.341 e. The van der Waals surface area contributed by atoms with E-state index in [4.69, 9.17) is 0 Å². The van der Waals surface area contributed by atoms with Crippen molar-refractivity contribution < 1.29 is 14.4 Å². The fourth-order valence-electron chi connectivity index (χ4n) is 3.66. The normalized spacial score (nSPS) is 20.6. The van der Waals surface area contributed by atoms with E-state index in [-0.39, 0.29) is 17.9 Å². The van der Waals surface area contributed by atoms with E-state index in [1.54, 1.807) is 11.2 Å². The lowest BCUT2D eigenvalue weighted by atomic mass is 9.87. The Hall–Kier alpha value is -2.90. The van der Waals surface area contributed by atoms with Crippen molar-refractivity contribution in [1.29, 1.82) is 0 Å². The van der Waals surface area contributed by atoms with Crippen LogP contribution in [0.25, 0.3) is 11.0 Å². The number of nitrogens with one attached hydrogen (secondary N) is 2. The quantitative estimate of drug-likeness (QED) is 0.790. The summed E-state index contributed by atoms with van der Waals surface area (Å²) in [5.74, 6) is -0.305. The zero-order chi connectivity index (χ0) is 17.6. The minimum atomic E-state index is -0.862. The highest BCUT2D eigenvalue weighted by atomic mass is 16.2. The van der Waals surface area contributed by atoms with Gasteiger partial charge in [0.15, 0.2) is 0 Å². The Bertz CT molecular complexity index is 866. The highest BCUT2D eigenvalue weighted by Gasteiger charge is 2.48. The second-order valence-electron chi connectivity index (χ2n) is 6.63. The Morgan fingerprint density at radius 1 is 1.24 bits per heavy atom. The number of aromatic nitrogens is 2. The Kier molecular flexibility index (Phi) is 3.48. The van der Waals surface area contributed by atoms with Gasteiger partial charge in [0.25, 0.3) is 5.91 Å². The van der Waals surface area contributed by atoms with Crippen LogP contribution in [0.5, 0.6) is 0 Å². The first-order chi connectivity index (χ1) is 12.0. The molecule has 0 unspecified atom stereocenters. The van der Waals surface area contributed by atoms with Crippen molar-refractivity contribution in [2.24, 2.45) is 0 Å². The molecule has 1 spiro atoms. The molecular weight excluding hydrogens is 322 g/mol. The number of piperidine rings is 1. The average Bonchev–Trinajstić information content (AvgIpc) is 3.15. The number of imide groups is 1. The molecule has 130 valence electrons. The van der Waals surface area contributed by atoms with Crippen molar-refractivity contribution >= 4 is 28.9 Å². The average molecular weight is 341 g/mol. The number of likely N-dealkylation sites (tertiary alicyclic amines) is 1. The molecule has 2 N–H and O–H groups in total. The molecule has 1 atom stereocenters. The Morgan fingerprint density at radius 3 is 2.64 bits per heavy atom. The number of hydrogen-bond acceptors (Lipinski definition) is 4. The lowest BCUT2D eigenvalue weighted by molar-refractivity contribution is -0.138. The SMILES string of the molecule is C[C@H](C(=O)N1CCC2(CC1)NC(=O)NC2=O)n1cnc2ccccc21. The van der Waals surface area contributed by atoms with E-state index in [1.165, 1.54) is 0 Å². The smallest absolute Gasteiger partial charge is 0.322 e. The van der Waals surface area contributed by atoms with Crippen LogP contribution in [0.4, 0.5) is 4.79 Å². The maximum absolute atomic E-state index is 12.9. The highest BCUT2D eigenvalue weighted by Crippen LogP contribution is 2.27. The molecule has 4 rings (SSSR count). The number of rotatable bonds is 2. The first-order valence-electron chi connectivity index (χ1n) is 8.34. The van der Waals surface area contributed by atoms with Crippen LogP contribution >= 0.6 is 0 Å². The zero-order valence-corrected chi connectivity index (χ0v) is 13.9. The number of nitrogens with zero attached hydrogens (tertiary/aromatic N) is 3. The van der Waals surface area contributed by atoms with E-state index >= 15 is 0 Å². The number of fused-ring (bicyclic) bond motifs is 1. The number of imidazole rings is 1. The third-order valence-electron chi connectivity index (χ3n) is 5.20. The van der Waals surface area contributed by atoms with Crippen molar-refractivity contribution in [3.05, 3.63) is 30.6 Å². The highest BCUT2D eigenvalue weighted by molar-refractivity contribution is 6.07. The second kappa shape index (κ2) is 5.58. The van der Waals surface area contributed by atoms with Crippen molar-refractivity contribution in [2.45, 2.75) is 31.3 Å². The maximum atomic E-state index is 12.9. The van der Waals surface area contributed by atoms with Gasteiger partial charge >= 0.3 is 6.03 Å². The van der Waals surface area contributed by atoms with Gasteiger partial charge in [0.2, 0.25) is 5.91 Å². The van der Waals surface area contributed by atoms with Crippen LogP contribution in [0.15, 0.2) is 30.6 Å². The third-order valence-corrected chi connectivity index (χ3v) is 5.20. The van der Waals surface area contributed by atoms with E-state index in [1.807, 2.05) is 35.8 Å². The molecule has 8 heteroatoms. The number of para-hydroxylation sites is 2. The van der Waals surface area contributed by atoms with Crippen molar-refractivity contribution in [1.82, 2.24) is 25.1 Å². The summed E-state index contributed by atoms with van der Waals surface area (Å²) in [4.78, 5) is 42.4. The molecule has 2 aliphatic rings. The summed E-state index contributed by atoms with van der Waals surface area (Å²) in [5.41, 5.74) is 0.906. The minimum Gasteiger partial charge on any atom is -0.341 e. The molecule has 2 saturated heterocycles. The monoisotopic (exact) mass is 341 g/mol. The van der Waals surface area contributed by atoms with Crippen molar-refractivity contribution in [2.75, 3.05) is 13.1 Å². The lowest BCUT2D eigenvalue weighted by Crippen LogP contribution is -2.56. The molecule has 0 radical (unpaired) electrons. The second-order valence-corrected chi connectivity index (χ2v) is 6.63. The fourth-order valence-corrected chi connectivity index (χ4v) is 3.66. The predicted octanol–water partition coefficient (Wildman–Crippen LogP) is 0.798. The van der Waals surface area contributed by atoms with Gasteiger partial charge in [-0.05, 0) is 31.9 Å². The standard InChI is InChI=1S/C17H19N5O3/c1-11(22-10-18-12-4-2-3-5-13(12)22)14(23)21-8-6-17(7-9-21)15(24)19-16(25)20-17/h2-5,10-11H,6-9H2,1H3,(H2,19,20,24,25)/t11-/m1/s1. The van der Waals surface area contributed by atoms with Gasteiger partial charge < -0.3 is 14.8 Å². The number of amides is 4. The third kappa shape index (κ3) is 2.45. The summed E-state index contributed by atoms with van der Waals surface area (Å²) in [7, 11) is 0. The number of carbonyl (C=O) groups is 3. The maximum Gasteiger partial charge on any atom is 0.322 e. The molecule has 2 aromatic rings. The van der Waals surface area contributed by atoms with Crippen LogP contribution < -0.4 is 10.6 Å². The van der Waals surface area contributed by atoms with Crippen molar-refractivity contribution in [3.8, 4) is 0 Å². The molecule has 0 saturated carbocycles. The molecule has 1 aromatic carbocycles. The van der Waals surface area contributed by atoms with E-state index < -0.39 is 11.6 Å². The van der Waals surface area contributed by atoms with Gasteiger partial charge in [-0.3, -0.25) is 14.9 Å². The van der Waals surface area contributed by atoms with Gasteiger partial charge in [-0.15, -0.1) is 0 Å². The van der Waals surface area contributed by atoms with E-state index in [0.717, 1.165) is 11.0 Å². The van der Waals surface area contributed by atoms with Gasteiger partial charge in [-0.25, -0.2) is 9.78 Å². The summed E-state index contributed by atoms with van der Waals surface area (Å²) in [6, 6.07) is 6.85. The number of benzene rings is 1. The molecule has 8 nitrogen and oxygen atoms in total. The first-order valence-corrected chi connectivity index (χ1v) is 8.34. The fraction of sp³-hybridized carbons (Fsp3) is 0.412. The number of hydrogen-bond donors (Lipinski definition) is 2. The summed E-state index contributed by atoms with van der Waals surface area (Å²) < 4.78 is 1.87. The van der Waals surface area contributed by atoms with E-state index in [2.05, 4.69) is 15.6 Å². The van der Waals surface area contributed by atoms with Crippen LogP contribution in [0, 0.1) is 0 Å². The summed E-state index contributed by atoms with van der Waals surface area (Å²) in [6.07, 6.45) is 2.53. The first kappa shape index (κ1) is 15.6. The van der Waals surface area contributed by atoms with E-state index in [9.17, 15) is 14.4 Å². The van der Waals surface area contributed by atoms with Crippen molar-refractivity contribution in [3.63, 3.8) is 0 Å². The van der Waals surface area contributed by atoms with Gasteiger partial charge in [-0.2, -0.15) is 0 Å². The molecule has 1 aromatic heterocycles. The van der Waals surface area contributed by atoms with Gasteiger partial charge in [-0.1, -0.05) is 12.1 Å². The van der Waals surface area contributed by atoms with E-state index in [0.29, 0.717) is 25.9 Å². The zero-order valence-electron chi connectivity index (χ0n) is 13.9. The molecule has 0 bridgehead atoms. The molecule has 2 fully saturated rings. The molecule has 25 heavy (non-hydrogen) atoms. The summed E-state index contributed by atoms with van der Waals surface area (Å²) in [6.45, 7) is 2.72. The summed E-state index contributed by atoms with van der Waals surface area (Å²) in [5, 5.41) is 4.99. The number of urea groups is 1. The topological polar surface area (TPSA) is 96.3 Å². The molecule has 0 aliphatic carbocycles. The Labute approximate surface area is 144 Å². The van der Waals surface area contributed by atoms with Gasteiger partial charge in [0.1, 0.15) is 11.6 Å². The van der Waals surface area contributed by atoms with Crippen LogP contribution in [0.1, 0.15) is 25.8 Å². The molecular formula is C17H19N5O3. The van der Waals surface area contributed by atoms with Crippen LogP contribution in [0.3, 0.4) is 0 Å². The Morgan fingerprint density at radius 2 is 1.96 bits per heavy atom. The van der Waals surface area contributed by atoms with Gasteiger partial charge in [0.05, 0.1) is 17.4 Å². The van der Waals surface area contributed by atoms with Crippen LogP contribution in [0.2, 0.25) is 0 Å². The Balaban J connectivity index is 1.49. The predicted molar refractivity (Wildman–Crippen MR) is 89.7 cm³/mol. The van der Waals surface area contributed by atoms with Crippen LogP contribution in [-0.4, -0.2) is 50.9 Å². The molecule has 3 heterocycles.